The molecule has 0 radical (unpaired) electrons. The van der Waals surface area contributed by atoms with Gasteiger partial charge in [-0.05, 0) is 49.1 Å². The molecule has 1 aromatic carbocycles. The highest BCUT2D eigenvalue weighted by molar-refractivity contribution is 7.19. The van der Waals surface area contributed by atoms with Gasteiger partial charge in [-0.25, -0.2) is 0 Å². The second kappa shape index (κ2) is 12.4. The molecule has 1 aliphatic carbocycles. The lowest BCUT2D eigenvalue weighted by molar-refractivity contribution is -0.127. The number of unbranched alkanes of at least 4 members (excludes halogenated alkanes) is 1. The van der Waals surface area contributed by atoms with Gasteiger partial charge >= 0.3 is 0 Å². The van der Waals surface area contributed by atoms with E-state index in [9.17, 15) is 14.7 Å². The van der Waals surface area contributed by atoms with Crippen molar-refractivity contribution in [2.75, 3.05) is 13.2 Å². The van der Waals surface area contributed by atoms with Crippen LogP contribution < -0.4 is 5.32 Å². The molecule has 0 aliphatic heterocycles. The highest BCUT2D eigenvalue weighted by Gasteiger charge is 2.45. The standard InChI is InChI=1S/C28H37NO4S/c1-28(2)19-21(13-14-22(31)18-23-17-20-9-7-8-11-25(20)34-23)24(27(28)33)10-5-3-4-6-12-26(32)29-15-16-30/h3,5,7-9,11,13-14,17,21-22,24,30-31H,4,6,10,12,15-16,18-19H2,1-2H3,(H,29,32)/b5-3-,14-13+/t21-,22?,24+/m0/s1. The minimum absolute atomic E-state index is 0.0465. The van der Waals surface area contributed by atoms with Crippen molar-refractivity contribution in [3.63, 3.8) is 0 Å². The van der Waals surface area contributed by atoms with Crippen LogP contribution in [0.3, 0.4) is 0 Å². The third-order valence-corrected chi connectivity index (χ3v) is 7.64. The summed E-state index contributed by atoms with van der Waals surface area (Å²) < 4.78 is 1.23. The zero-order chi connectivity index (χ0) is 24.6. The maximum atomic E-state index is 13.0. The molecule has 0 bridgehead atoms. The summed E-state index contributed by atoms with van der Waals surface area (Å²) >= 11 is 1.71. The number of hydrogen-bond acceptors (Lipinski definition) is 5. The van der Waals surface area contributed by atoms with Gasteiger partial charge in [0.05, 0.1) is 12.7 Å². The molecule has 1 saturated carbocycles. The summed E-state index contributed by atoms with van der Waals surface area (Å²) in [4.78, 5) is 25.7. The molecule has 0 saturated heterocycles. The normalized spacial score (nSPS) is 21.1. The average Bonchev–Trinajstić information content (AvgIpc) is 3.30. The molecule has 184 valence electrons. The van der Waals surface area contributed by atoms with E-state index in [2.05, 4.69) is 41.7 Å². The Labute approximate surface area is 206 Å². The van der Waals surface area contributed by atoms with E-state index >= 15 is 0 Å². The molecule has 3 rings (SSSR count). The molecule has 0 spiro atoms. The van der Waals surface area contributed by atoms with Crippen LogP contribution in [0.4, 0.5) is 0 Å². The predicted octanol–water partition coefficient (Wildman–Crippen LogP) is 4.82. The first kappa shape index (κ1) is 26.3. The number of allylic oxidation sites excluding steroid dienone is 3. The number of fused-ring (bicyclic) bond motifs is 1. The summed E-state index contributed by atoms with van der Waals surface area (Å²) in [5.41, 5.74) is -0.352. The van der Waals surface area contributed by atoms with Crippen molar-refractivity contribution >= 4 is 33.1 Å². The Morgan fingerprint density at radius 1 is 1.29 bits per heavy atom. The van der Waals surface area contributed by atoms with Gasteiger partial charge in [-0.15, -0.1) is 11.3 Å². The largest absolute Gasteiger partial charge is 0.395 e. The van der Waals surface area contributed by atoms with Crippen LogP contribution in [0.2, 0.25) is 0 Å². The van der Waals surface area contributed by atoms with Gasteiger partial charge in [0.1, 0.15) is 5.78 Å². The summed E-state index contributed by atoms with van der Waals surface area (Å²) in [5, 5.41) is 23.2. The van der Waals surface area contributed by atoms with Gasteiger partial charge in [-0.3, -0.25) is 9.59 Å². The Balaban J connectivity index is 1.51. The smallest absolute Gasteiger partial charge is 0.220 e. The van der Waals surface area contributed by atoms with Crippen molar-refractivity contribution in [1.82, 2.24) is 5.32 Å². The van der Waals surface area contributed by atoms with Gasteiger partial charge in [0.15, 0.2) is 0 Å². The van der Waals surface area contributed by atoms with E-state index in [-0.39, 0.29) is 35.5 Å². The molecule has 1 heterocycles. The monoisotopic (exact) mass is 483 g/mol. The molecule has 1 aromatic heterocycles. The van der Waals surface area contributed by atoms with Crippen LogP contribution in [0.1, 0.15) is 50.8 Å². The third kappa shape index (κ3) is 7.36. The van der Waals surface area contributed by atoms with Gasteiger partial charge in [0, 0.05) is 40.3 Å². The molecule has 1 amide bonds. The first-order valence-electron chi connectivity index (χ1n) is 12.2. The van der Waals surface area contributed by atoms with Gasteiger partial charge in [0.25, 0.3) is 0 Å². The number of benzene rings is 1. The average molecular weight is 484 g/mol. The fourth-order valence-electron chi connectivity index (χ4n) is 4.72. The van der Waals surface area contributed by atoms with Gasteiger partial charge in [0.2, 0.25) is 5.91 Å². The number of nitrogens with one attached hydrogen (secondary N) is 1. The molecule has 1 unspecified atom stereocenters. The second-order valence-electron chi connectivity index (χ2n) is 9.80. The molecule has 2 aromatic rings. The number of aliphatic hydroxyl groups excluding tert-OH is 2. The predicted molar refractivity (Wildman–Crippen MR) is 139 cm³/mol. The van der Waals surface area contributed by atoms with Crippen LogP contribution in [-0.4, -0.2) is 41.2 Å². The molecule has 1 fully saturated rings. The van der Waals surface area contributed by atoms with Crippen LogP contribution >= 0.6 is 11.3 Å². The van der Waals surface area contributed by atoms with E-state index in [1.807, 2.05) is 32.1 Å². The second-order valence-corrected chi connectivity index (χ2v) is 11.0. The summed E-state index contributed by atoms with van der Waals surface area (Å²) in [5.74, 6) is 0.282. The number of amides is 1. The highest BCUT2D eigenvalue weighted by Crippen LogP contribution is 2.44. The van der Waals surface area contributed by atoms with Crippen molar-refractivity contribution < 1.29 is 19.8 Å². The Hall–Kier alpha value is -2.28. The molecule has 3 atom stereocenters. The maximum absolute atomic E-state index is 13.0. The number of rotatable bonds is 12. The van der Waals surface area contributed by atoms with Crippen molar-refractivity contribution in [2.45, 2.75) is 58.5 Å². The van der Waals surface area contributed by atoms with Crippen LogP contribution in [0, 0.1) is 17.3 Å². The van der Waals surface area contributed by atoms with Crippen LogP contribution in [0.25, 0.3) is 10.1 Å². The number of carbonyl (C=O) groups excluding carboxylic acids is 2. The van der Waals surface area contributed by atoms with Crippen molar-refractivity contribution in [3.05, 3.63) is 59.5 Å². The molecule has 3 N–H and O–H groups in total. The number of ketones is 1. The fraction of sp³-hybridized carbons (Fsp3) is 0.500. The Morgan fingerprint density at radius 2 is 2.09 bits per heavy atom. The molecule has 1 aliphatic rings. The fourth-order valence-corrected chi connectivity index (χ4v) is 5.83. The van der Waals surface area contributed by atoms with Crippen molar-refractivity contribution in [2.24, 2.45) is 17.3 Å². The maximum Gasteiger partial charge on any atom is 0.220 e. The lowest BCUT2D eigenvalue weighted by atomic mass is 9.88. The van der Waals surface area contributed by atoms with Gasteiger partial charge in [-0.2, -0.15) is 0 Å². The molecular formula is C28H37NO4S. The summed E-state index contributed by atoms with van der Waals surface area (Å²) in [6, 6.07) is 10.4. The first-order chi connectivity index (χ1) is 16.3. The highest BCUT2D eigenvalue weighted by atomic mass is 32.1. The Kier molecular flexibility index (Phi) is 9.63. The van der Waals surface area contributed by atoms with Gasteiger partial charge in [-0.1, -0.05) is 56.4 Å². The summed E-state index contributed by atoms with van der Waals surface area (Å²) in [6.07, 6.45) is 11.5. The topological polar surface area (TPSA) is 86.6 Å². The minimum atomic E-state index is -0.569. The van der Waals surface area contributed by atoms with E-state index in [4.69, 9.17) is 5.11 Å². The number of hydrogen-bond donors (Lipinski definition) is 3. The van der Waals surface area contributed by atoms with Crippen LogP contribution in [0.5, 0.6) is 0 Å². The molecular weight excluding hydrogens is 446 g/mol. The van der Waals surface area contributed by atoms with Crippen LogP contribution in [0.15, 0.2) is 54.6 Å². The van der Waals surface area contributed by atoms with E-state index < -0.39 is 6.10 Å². The molecule has 34 heavy (non-hydrogen) atoms. The van der Waals surface area contributed by atoms with Crippen molar-refractivity contribution in [3.8, 4) is 0 Å². The van der Waals surface area contributed by atoms with Crippen LogP contribution in [-0.2, 0) is 16.0 Å². The number of thiophene rings is 1. The van der Waals surface area contributed by atoms with Crippen molar-refractivity contribution in [1.29, 1.82) is 0 Å². The zero-order valence-electron chi connectivity index (χ0n) is 20.2. The number of aliphatic hydroxyl groups is 2. The Bertz CT molecular complexity index is 989. The van der Waals surface area contributed by atoms with E-state index in [0.29, 0.717) is 25.8 Å². The quantitative estimate of drug-likeness (QED) is 0.298. The summed E-state index contributed by atoms with van der Waals surface area (Å²) in [7, 11) is 0. The zero-order valence-corrected chi connectivity index (χ0v) is 21.0. The van der Waals surface area contributed by atoms with Gasteiger partial charge < -0.3 is 15.5 Å². The minimum Gasteiger partial charge on any atom is -0.395 e. The summed E-state index contributed by atoms with van der Waals surface area (Å²) in [6.45, 7) is 4.27. The number of carbonyl (C=O) groups is 2. The lowest BCUT2D eigenvalue weighted by Gasteiger charge is -2.14. The number of Topliss-reactive ketones (excluding diaryl/α,β-unsaturated/α-hetero) is 1. The lowest BCUT2D eigenvalue weighted by Crippen LogP contribution is -2.25. The third-order valence-electron chi connectivity index (χ3n) is 6.50. The Morgan fingerprint density at radius 3 is 2.85 bits per heavy atom. The van der Waals surface area contributed by atoms with E-state index in [1.54, 1.807) is 11.3 Å². The van der Waals surface area contributed by atoms with E-state index in [1.165, 1.54) is 10.1 Å². The SMILES string of the molecule is CC1(C)C[C@H](/C=C/C(O)Cc2cc3ccccc3s2)[C@@H](C/C=C\CCCC(=O)NCCO)C1=O. The molecule has 5 nitrogen and oxygen atoms in total. The molecule has 6 heteroatoms. The first-order valence-corrected chi connectivity index (χ1v) is 13.0. The van der Waals surface area contributed by atoms with E-state index in [0.717, 1.165) is 24.1 Å².